The molecule has 154 valence electrons. The van der Waals surface area contributed by atoms with Gasteiger partial charge in [0.05, 0.1) is 34.3 Å². The van der Waals surface area contributed by atoms with E-state index in [-0.39, 0.29) is 18.2 Å². The minimum atomic E-state index is -0.0305. The highest BCUT2D eigenvalue weighted by molar-refractivity contribution is 5.80. The molecule has 1 aliphatic rings. The lowest BCUT2D eigenvalue weighted by Crippen LogP contribution is -2.51. The molecular formula is C20H29N3O5. The molecule has 0 saturated carbocycles. The molecule has 8 nitrogen and oxygen atoms in total. The van der Waals surface area contributed by atoms with E-state index < -0.39 is 0 Å². The number of methoxy groups -OCH3 is 3. The molecule has 0 bridgehead atoms. The van der Waals surface area contributed by atoms with Gasteiger partial charge in [0.25, 0.3) is 0 Å². The van der Waals surface area contributed by atoms with Crippen LogP contribution >= 0.6 is 0 Å². The van der Waals surface area contributed by atoms with Crippen molar-refractivity contribution in [2.75, 3.05) is 60.6 Å². The number of hydrogen-bond acceptors (Lipinski definition) is 6. The normalized spacial score (nSPS) is 14.3. The van der Waals surface area contributed by atoms with Gasteiger partial charge in [-0.05, 0) is 17.7 Å². The Labute approximate surface area is 166 Å². The van der Waals surface area contributed by atoms with Crippen LogP contribution in [-0.2, 0) is 16.0 Å². The molecule has 0 spiro atoms. The average molecular weight is 391 g/mol. The Balaban J connectivity index is 1.92. The third kappa shape index (κ3) is 5.63. The van der Waals surface area contributed by atoms with Gasteiger partial charge in [-0.15, -0.1) is 6.58 Å². The first-order chi connectivity index (χ1) is 13.5. The maximum absolute atomic E-state index is 12.7. The highest BCUT2D eigenvalue weighted by Gasteiger charge is 2.23. The molecule has 0 aliphatic carbocycles. The van der Waals surface area contributed by atoms with Crippen molar-refractivity contribution in [2.24, 2.45) is 0 Å². The quantitative estimate of drug-likeness (QED) is 0.625. The smallest absolute Gasteiger partial charge is 0.234 e. The van der Waals surface area contributed by atoms with Crippen LogP contribution in [0.2, 0.25) is 0 Å². The molecule has 2 amide bonds. The Bertz CT molecular complexity index is 674. The van der Waals surface area contributed by atoms with Gasteiger partial charge in [0, 0.05) is 32.7 Å². The number of amides is 2. The number of carbonyl (C=O) groups excluding carboxylic acids is 2. The molecule has 1 aliphatic heterocycles. The Morgan fingerprint density at radius 3 is 2.18 bits per heavy atom. The summed E-state index contributed by atoms with van der Waals surface area (Å²) in [4.78, 5) is 28.3. The summed E-state index contributed by atoms with van der Waals surface area (Å²) >= 11 is 0. The van der Waals surface area contributed by atoms with Crippen LogP contribution in [0.4, 0.5) is 0 Å². The average Bonchev–Trinajstić information content (AvgIpc) is 2.71. The first-order valence-electron chi connectivity index (χ1n) is 9.19. The van der Waals surface area contributed by atoms with Crippen molar-refractivity contribution in [1.82, 2.24) is 15.1 Å². The molecule has 28 heavy (non-hydrogen) atoms. The van der Waals surface area contributed by atoms with Crippen molar-refractivity contribution in [1.29, 1.82) is 0 Å². The molecule has 0 unspecified atom stereocenters. The summed E-state index contributed by atoms with van der Waals surface area (Å²) in [5.41, 5.74) is 0.797. The number of nitrogens with zero attached hydrogens (tertiary/aromatic N) is 2. The van der Waals surface area contributed by atoms with E-state index >= 15 is 0 Å². The van der Waals surface area contributed by atoms with E-state index in [1.807, 2.05) is 9.80 Å². The number of rotatable bonds is 9. The van der Waals surface area contributed by atoms with Crippen molar-refractivity contribution in [3.8, 4) is 17.2 Å². The number of carbonyl (C=O) groups is 2. The summed E-state index contributed by atoms with van der Waals surface area (Å²) in [5, 5.41) is 2.76. The molecule has 0 aromatic heterocycles. The van der Waals surface area contributed by atoms with E-state index in [9.17, 15) is 9.59 Å². The summed E-state index contributed by atoms with van der Waals surface area (Å²) in [6, 6.07) is 3.58. The minimum absolute atomic E-state index is 0.0305. The molecule has 8 heteroatoms. The molecular weight excluding hydrogens is 362 g/mol. The fourth-order valence-electron chi connectivity index (χ4n) is 3.12. The van der Waals surface area contributed by atoms with Gasteiger partial charge in [0.1, 0.15) is 0 Å². The van der Waals surface area contributed by atoms with Crippen molar-refractivity contribution in [3.05, 3.63) is 30.4 Å². The maximum atomic E-state index is 12.7. The molecule has 1 fully saturated rings. The molecule has 1 aromatic carbocycles. The third-order valence-electron chi connectivity index (χ3n) is 4.62. The lowest BCUT2D eigenvalue weighted by Gasteiger charge is -2.34. The highest BCUT2D eigenvalue weighted by Crippen LogP contribution is 2.38. The minimum Gasteiger partial charge on any atom is -0.493 e. The van der Waals surface area contributed by atoms with E-state index in [4.69, 9.17) is 14.2 Å². The van der Waals surface area contributed by atoms with Gasteiger partial charge in [-0.1, -0.05) is 6.08 Å². The summed E-state index contributed by atoms with van der Waals surface area (Å²) in [7, 11) is 4.64. The van der Waals surface area contributed by atoms with E-state index in [0.717, 1.165) is 5.56 Å². The lowest BCUT2D eigenvalue weighted by molar-refractivity contribution is -0.132. The van der Waals surface area contributed by atoms with Crippen LogP contribution in [-0.4, -0.2) is 82.2 Å². The van der Waals surface area contributed by atoms with Crippen molar-refractivity contribution in [2.45, 2.75) is 6.42 Å². The van der Waals surface area contributed by atoms with Gasteiger partial charge < -0.3 is 24.4 Å². The number of ether oxygens (including phenoxy) is 3. The van der Waals surface area contributed by atoms with Crippen molar-refractivity contribution in [3.63, 3.8) is 0 Å². The van der Waals surface area contributed by atoms with Crippen LogP contribution in [0.15, 0.2) is 24.8 Å². The molecule has 0 radical (unpaired) electrons. The van der Waals surface area contributed by atoms with Gasteiger partial charge in [-0.25, -0.2) is 0 Å². The highest BCUT2D eigenvalue weighted by atomic mass is 16.5. The standard InChI is InChI=1S/C20H29N3O5/c1-5-6-21-18(24)14-22-7-9-23(10-8-22)19(25)13-15-11-16(26-2)20(28-4)17(12-15)27-3/h5,11-12H,1,6-10,13-14H2,2-4H3,(H,21,24). The van der Waals surface area contributed by atoms with Crippen LogP contribution in [0.5, 0.6) is 17.2 Å². The largest absolute Gasteiger partial charge is 0.493 e. The van der Waals surface area contributed by atoms with Crippen LogP contribution in [0.25, 0.3) is 0 Å². The van der Waals surface area contributed by atoms with Crippen molar-refractivity contribution < 1.29 is 23.8 Å². The van der Waals surface area contributed by atoms with Gasteiger partial charge in [-0.2, -0.15) is 0 Å². The zero-order valence-electron chi connectivity index (χ0n) is 16.8. The van der Waals surface area contributed by atoms with Crippen LogP contribution < -0.4 is 19.5 Å². The van der Waals surface area contributed by atoms with Gasteiger partial charge in [0.2, 0.25) is 17.6 Å². The molecule has 1 N–H and O–H groups in total. The number of hydrogen-bond donors (Lipinski definition) is 1. The van der Waals surface area contributed by atoms with E-state index in [0.29, 0.717) is 56.5 Å². The summed E-state index contributed by atoms with van der Waals surface area (Å²) in [5.74, 6) is 1.56. The van der Waals surface area contributed by atoms with E-state index in [2.05, 4.69) is 11.9 Å². The first-order valence-corrected chi connectivity index (χ1v) is 9.19. The first kappa shape index (κ1) is 21.6. The predicted octanol–water partition coefficient (Wildman–Crippen LogP) is 0.701. The van der Waals surface area contributed by atoms with Crippen LogP contribution in [0.1, 0.15) is 5.56 Å². The second kappa shape index (κ2) is 10.6. The number of benzene rings is 1. The molecule has 1 aromatic rings. The Morgan fingerprint density at radius 2 is 1.68 bits per heavy atom. The fraction of sp³-hybridized carbons (Fsp3) is 0.500. The molecule has 1 heterocycles. The molecule has 1 saturated heterocycles. The van der Waals surface area contributed by atoms with Crippen molar-refractivity contribution >= 4 is 11.8 Å². The summed E-state index contributed by atoms with van der Waals surface area (Å²) in [6.07, 6.45) is 1.90. The zero-order chi connectivity index (χ0) is 20.5. The van der Waals surface area contributed by atoms with Crippen LogP contribution in [0, 0.1) is 0 Å². The Morgan fingerprint density at radius 1 is 1.07 bits per heavy atom. The van der Waals surface area contributed by atoms with Gasteiger partial charge >= 0.3 is 0 Å². The summed E-state index contributed by atoms with van der Waals surface area (Å²) in [6.45, 7) is 6.91. The van der Waals surface area contributed by atoms with Gasteiger partial charge in [-0.3, -0.25) is 14.5 Å². The maximum Gasteiger partial charge on any atom is 0.234 e. The van der Waals surface area contributed by atoms with E-state index in [1.54, 1.807) is 39.5 Å². The monoisotopic (exact) mass is 391 g/mol. The predicted molar refractivity (Wildman–Crippen MR) is 106 cm³/mol. The SMILES string of the molecule is C=CCNC(=O)CN1CCN(C(=O)Cc2cc(OC)c(OC)c(OC)c2)CC1. The third-order valence-corrected chi connectivity index (χ3v) is 4.62. The lowest BCUT2D eigenvalue weighted by atomic mass is 10.1. The number of piperazine rings is 1. The van der Waals surface area contributed by atoms with Gasteiger partial charge in [0.15, 0.2) is 11.5 Å². The molecule has 0 atom stereocenters. The topological polar surface area (TPSA) is 80.3 Å². The molecule has 2 rings (SSSR count). The Hall–Kier alpha value is -2.74. The Kier molecular flexibility index (Phi) is 8.13. The number of nitrogens with one attached hydrogen (secondary N) is 1. The van der Waals surface area contributed by atoms with Crippen LogP contribution in [0.3, 0.4) is 0 Å². The fourth-order valence-corrected chi connectivity index (χ4v) is 3.12. The summed E-state index contributed by atoms with van der Waals surface area (Å²) < 4.78 is 16.0. The second-order valence-electron chi connectivity index (χ2n) is 6.46. The zero-order valence-corrected chi connectivity index (χ0v) is 16.8. The second-order valence-corrected chi connectivity index (χ2v) is 6.46. The van der Waals surface area contributed by atoms with E-state index in [1.165, 1.54) is 0 Å².